The predicted octanol–water partition coefficient (Wildman–Crippen LogP) is 8.28. The molecule has 6 aromatic rings. The van der Waals surface area contributed by atoms with Crippen LogP contribution in [-0.2, 0) is 25.1 Å². The fourth-order valence-electron chi connectivity index (χ4n) is 11.4. The number of carbonyl (C=O) groups is 1. The second kappa shape index (κ2) is 21.2. The first kappa shape index (κ1) is 52.1. The number of benzene rings is 4. The molecule has 4 atom stereocenters. The minimum absolute atomic E-state index is 0.00430. The van der Waals surface area contributed by atoms with E-state index >= 15 is 8.78 Å². The lowest BCUT2D eigenvalue weighted by molar-refractivity contribution is -0.0510. The molecule has 3 fully saturated rings. The Bertz CT molecular complexity index is 2890. The summed E-state index contributed by atoms with van der Waals surface area (Å²) in [4.78, 5) is 32.8. The van der Waals surface area contributed by atoms with Gasteiger partial charge >= 0.3 is 12.1 Å². The smallest absolute Gasteiger partial charge is 0.409 e. The van der Waals surface area contributed by atoms with Crippen molar-refractivity contribution in [3.63, 3.8) is 0 Å². The number of rotatable bonds is 16. The summed E-state index contributed by atoms with van der Waals surface area (Å²) in [5.74, 6) is -0.507. The third kappa shape index (κ3) is 10.4. The number of halogens is 2. The number of aromatic nitrogens is 3. The summed E-state index contributed by atoms with van der Waals surface area (Å²) in [6.07, 6.45) is 4.28. The molecule has 1 N–H and O–H groups in total. The van der Waals surface area contributed by atoms with E-state index in [-0.39, 0.29) is 85.5 Å². The molecule has 3 saturated heterocycles. The normalized spacial score (nSPS) is 21.6. The topological polar surface area (TPSA) is 141 Å². The molecule has 388 valence electrons. The SMILES string of the molecule is CCc1c(F)ccc2cc(OCOC)cc(-c3ncc4c(N5C[C@H](CO[Si](c6ccccc6)(c6ccccc6)C(C)(C)C)OC[C@@](C)(O)C5)nc(OC[C@@]56CCCN5[C@H](COC(=O)N(C)C)CC6)nc4c3F)c12. The number of hydrogen-bond acceptors (Lipinski definition) is 13. The highest BCUT2D eigenvalue weighted by atomic mass is 28.4. The molecule has 3 aliphatic rings. The maximum absolute atomic E-state index is 18.0. The van der Waals surface area contributed by atoms with Crippen molar-refractivity contribution in [3.8, 4) is 23.0 Å². The zero-order valence-electron chi connectivity index (χ0n) is 43.3. The van der Waals surface area contributed by atoms with E-state index in [9.17, 15) is 9.90 Å². The highest BCUT2D eigenvalue weighted by molar-refractivity contribution is 6.99. The number of β-amino-alcohol motifs (C(OH)–C–C–N with tert-alkyl or cyclic N) is 1. The van der Waals surface area contributed by atoms with E-state index < -0.39 is 37.8 Å². The van der Waals surface area contributed by atoms with Crippen molar-refractivity contribution in [1.82, 2.24) is 24.8 Å². The second-order valence-electron chi connectivity index (χ2n) is 21.3. The van der Waals surface area contributed by atoms with Gasteiger partial charge in [-0.15, -0.1) is 0 Å². The van der Waals surface area contributed by atoms with Crippen LogP contribution in [0, 0.1) is 11.6 Å². The lowest BCUT2D eigenvalue weighted by atomic mass is 9.94. The molecular formula is C56H68F2N6O8Si. The molecule has 73 heavy (non-hydrogen) atoms. The molecule has 14 nitrogen and oxygen atoms in total. The molecule has 5 heterocycles. The number of methoxy groups -OCH3 is 1. The molecule has 0 aliphatic carbocycles. The van der Waals surface area contributed by atoms with Crippen molar-refractivity contribution < 1.29 is 46.8 Å². The number of nitrogens with zero attached hydrogens (tertiary/aromatic N) is 6. The highest BCUT2D eigenvalue weighted by Crippen LogP contribution is 2.44. The van der Waals surface area contributed by atoms with Gasteiger partial charge < -0.3 is 43.0 Å². The average Bonchev–Trinajstić information content (AvgIpc) is 3.90. The van der Waals surface area contributed by atoms with Gasteiger partial charge in [0.05, 0.1) is 36.8 Å². The summed E-state index contributed by atoms with van der Waals surface area (Å²) in [5.41, 5.74) is -1.17. The first-order valence-corrected chi connectivity index (χ1v) is 27.2. The molecule has 0 saturated carbocycles. The fraction of sp³-hybridized carbons (Fsp3) is 0.464. The molecule has 17 heteroatoms. The van der Waals surface area contributed by atoms with E-state index in [1.54, 1.807) is 39.2 Å². The summed E-state index contributed by atoms with van der Waals surface area (Å²) in [6, 6.07) is 27.2. The van der Waals surface area contributed by atoms with Crippen LogP contribution in [0.5, 0.6) is 11.8 Å². The zero-order chi connectivity index (χ0) is 51.7. The number of carbonyl (C=O) groups excluding carboxylic acids is 1. The molecule has 0 bridgehead atoms. The highest BCUT2D eigenvalue weighted by Gasteiger charge is 2.52. The van der Waals surface area contributed by atoms with Gasteiger partial charge in [-0.3, -0.25) is 9.88 Å². The molecule has 9 rings (SSSR count). The van der Waals surface area contributed by atoms with E-state index in [0.29, 0.717) is 39.9 Å². The van der Waals surface area contributed by atoms with Gasteiger partial charge in [0.25, 0.3) is 8.32 Å². The molecule has 1 amide bonds. The Labute approximate surface area is 427 Å². The van der Waals surface area contributed by atoms with Gasteiger partial charge in [0.2, 0.25) is 0 Å². The number of hydrogen-bond donors (Lipinski definition) is 1. The van der Waals surface area contributed by atoms with Crippen LogP contribution in [0.15, 0.2) is 91.1 Å². The van der Waals surface area contributed by atoms with Crippen LogP contribution < -0.4 is 24.7 Å². The maximum Gasteiger partial charge on any atom is 0.409 e. The molecule has 0 spiro atoms. The van der Waals surface area contributed by atoms with Crippen molar-refractivity contribution in [2.75, 3.05) is 79.0 Å². The first-order chi connectivity index (χ1) is 35.0. The number of ether oxygens (including phenoxy) is 5. The Hall–Kier alpha value is -5.82. The minimum Gasteiger partial charge on any atom is -0.468 e. The fourth-order valence-corrected chi connectivity index (χ4v) is 16.0. The van der Waals surface area contributed by atoms with Crippen LogP contribution in [-0.4, -0.2) is 142 Å². The predicted molar refractivity (Wildman–Crippen MR) is 280 cm³/mol. The molecule has 2 aromatic heterocycles. The van der Waals surface area contributed by atoms with Gasteiger partial charge in [-0.25, -0.2) is 13.6 Å². The molecular weight excluding hydrogens is 951 g/mol. The van der Waals surface area contributed by atoms with Crippen molar-refractivity contribution in [2.24, 2.45) is 0 Å². The van der Waals surface area contributed by atoms with E-state index in [4.69, 9.17) is 43.1 Å². The van der Waals surface area contributed by atoms with Crippen LogP contribution >= 0.6 is 0 Å². The van der Waals surface area contributed by atoms with E-state index in [0.717, 1.165) is 42.6 Å². The number of amides is 1. The van der Waals surface area contributed by atoms with Crippen LogP contribution in [0.1, 0.15) is 65.9 Å². The summed E-state index contributed by atoms with van der Waals surface area (Å²) in [7, 11) is 1.81. The number of pyridine rings is 1. The van der Waals surface area contributed by atoms with Crippen molar-refractivity contribution in [2.45, 2.75) is 95.0 Å². The Balaban J connectivity index is 1.14. The van der Waals surface area contributed by atoms with Crippen LogP contribution in [0.3, 0.4) is 0 Å². The molecule has 4 aromatic carbocycles. The molecule has 0 radical (unpaired) electrons. The molecule has 3 aliphatic heterocycles. The van der Waals surface area contributed by atoms with Gasteiger partial charge in [0.1, 0.15) is 47.4 Å². The maximum atomic E-state index is 18.0. The van der Waals surface area contributed by atoms with Crippen molar-refractivity contribution in [1.29, 1.82) is 0 Å². The number of aryl methyl sites for hydroxylation is 1. The van der Waals surface area contributed by atoms with Crippen molar-refractivity contribution in [3.05, 3.63) is 108 Å². The third-order valence-corrected chi connectivity index (χ3v) is 19.8. The summed E-state index contributed by atoms with van der Waals surface area (Å²) >= 11 is 0. The Kier molecular flexibility index (Phi) is 15.1. The standard InChI is InChI=1S/C56H68F2N6O8Si/c1-9-43-46(57)22-21-37-27-39(71-36-67-8)28-44(47(37)43)49-48(58)50-45(29-59-49)51(61-52(60-50)70-35-56-24-16-26-64(56)38(23-25-56)31-68-53(65)62(6)7)63-30-40(69-34-55(5,66)33-63)32-72-73(54(2,3)4,41-17-12-10-13-18-41)42-19-14-11-15-20-42/h10-15,17-22,27-29,38,40,66H,9,16,23-26,30-36H2,1-8H3/t38-,40+,55-,56-/m0/s1. The zero-order valence-corrected chi connectivity index (χ0v) is 44.3. The quantitative estimate of drug-likeness (QED) is 0.0736. The van der Waals surface area contributed by atoms with Gasteiger partial charge in [-0.2, -0.15) is 9.97 Å². The second-order valence-corrected chi connectivity index (χ2v) is 25.6. The lowest BCUT2D eigenvalue weighted by Gasteiger charge is -2.43. The van der Waals surface area contributed by atoms with Gasteiger partial charge in [0.15, 0.2) is 12.6 Å². The number of aliphatic hydroxyl groups is 1. The van der Waals surface area contributed by atoms with Crippen LogP contribution in [0.25, 0.3) is 32.9 Å². The van der Waals surface area contributed by atoms with E-state index in [2.05, 4.69) is 49.9 Å². The lowest BCUT2D eigenvalue weighted by Crippen LogP contribution is -2.67. The average molecular weight is 1020 g/mol. The van der Waals surface area contributed by atoms with Gasteiger partial charge in [-0.1, -0.05) is 94.4 Å². The molecule has 0 unspecified atom stereocenters. The summed E-state index contributed by atoms with van der Waals surface area (Å²) < 4.78 is 71.0. The van der Waals surface area contributed by atoms with Gasteiger partial charge in [-0.05, 0) is 95.5 Å². The van der Waals surface area contributed by atoms with E-state index in [1.165, 1.54) is 24.3 Å². The Morgan fingerprint density at radius 1 is 0.973 bits per heavy atom. The Morgan fingerprint density at radius 2 is 1.70 bits per heavy atom. The van der Waals surface area contributed by atoms with Crippen LogP contribution in [0.4, 0.5) is 19.4 Å². The van der Waals surface area contributed by atoms with Crippen LogP contribution in [0.2, 0.25) is 5.04 Å². The summed E-state index contributed by atoms with van der Waals surface area (Å²) in [6.45, 7) is 11.9. The summed E-state index contributed by atoms with van der Waals surface area (Å²) in [5, 5.41) is 15.3. The third-order valence-electron chi connectivity index (χ3n) is 14.8. The van der Waals surface area contributed by atoms with Gasteiger partial charge in [0, 0.05) is 45.6 Å². The monoisotopic (exact) mass is 1020 g/mol. The van der Waals surface area contributed by atoms with E-state index in [1.807, 2.05) is 48.2 Å². The minimum atomic E-state index is -3.02. The Morgan fingerprint density at radius 3 is 2.37 bits per heavy atom. The van der Waals surface area contributed by atoms with Crippen molar-refractivity contribution >= 4 is 52.3 Å². The first-order valence-electron chi connectivity index (χ1n) is 25.3. The number of fused-ring (bicyclic) bond motifs is 3. The number of anilines is 1. The largest absolute Gasteiger partial charge is 0.468 e.